The van der Waals surface area contributed by atoms with Crippen molar-refractivity contribution in [3.63, 3.8) is 0 Å². The van der Waals surface area contributed by atoms with Crippen LogP contribution in [0.2, 0.25) is 0 Å². The SMILES string of the molecule is CC[C@H](Oc1ccc(C(C)(C)C)cc1)C(=O)Nc1ccccc1C(=O)NC(C)(C)C. The van der Waals surface area contributed by atoms with Crippen LogP contribution in [0.5, 0.6) is 5.75 Å². The Bertz CT molecular complexity index is 875. The van der Waals surface area contributed by atoms with Gasteiger partial charge in [-0.05, 0) is 62.4 Å². The third kappa shape index (κ3) is 6.61. The minimum Gasteiger partial charge on any atom is -0.481 e. The van der Waals surface area contributed by atoms with Gasteiger partial charge in [0.25, 0.3) is 11.8 Å². The number of hydrogen-bond donors (Lipinski definition) is 2. The largest absolute Gasteiger partial charge is 0.481 e. The Morgan fingerprint density at radius 1 is 0.933 bits per heavy atom. The third-order valence-corrected chi connectivity index (χ3v) is 4.58. The van der Waals surface area contributed by atoms with Gasteiger partial charge in [0.2, 0.25) is 0 Å². The maximum absolute atomic E-state index is 12.9. The molecule has 0 unspecified atom stereocenters. The van der Waals surface area contributed by atoms with Crippen molar-refractivity contribution in [1.82, 2.24) is 5.32 Å². The summed E-state index contributed by atoms with van der Waals surface area (Å²) < 4.78 is 5.93. The molecule has 0 saturated carbocycles. The Balaban J connectivity index is 2.13. The number of ether oxygens (including phenoxy) is 1. The van der Waals surface area contributed by atoms with Crippen LogP contribution in [0.1, 0.15) is 70.8 Å². The second-order valence-corrected chi connectivity index (χ2v) is 9.53. The Morgan fingerprint density at radius 3 is 2.07 bits per heavy atom. The highest BCUT2D eigenvalue weighted by atomic mass is 16.5. The molecule has 5 heteroatoms. The van der Waals surface area contributed by atoms with Gasteiger partial charge in [-0.15, -0.1) is 0 Å². The Kier molecular flexibility index (Phi) is 7.30. The smallest absolute Gasteiger partial charge is 0.265 e. The fourth-order valence-electron chi connectivity index (χ4n) is 2.93. The average Bonchev–Trinajstić information content (AvgIpc) is 2.64. The van der Waals surface area contributed by atoms with Crippen molar-refractivity contribution in [1.29, 1.82) is 0 Å². The number of amides is 2. The first-order valence-corrected chi connectivity index (χ1v) is 10.4. The summed E-state index contributed by atoms with van der Waals surface area (Å²) in [6.45, 7) is 14.1. The van der Waals surface area contributed by atoms with Crippen LogP contribution >= 0.6 is 0 Å². The van der Waals surface area contributed by atoms with E-state index in [4.69, 9.17) is 4.74 Å². The molecule has 2 rings (SSSR count). The highest BCUT2D eigenvalue weighted by Gasteiger charge is 2.23. The summed E-state index contributed by atoms with van der Waals surface area (Å²) >= 11 is 0. The number of carbonyl (C=O) groups is 2. The fraction of sp³-hybridized carbons (Fsp3) is 0.440. The predicted octanol–water partition coefficient (Wildman–Crippen LogP) is 5.31. The minimum atomic E-state index is -0.663. The molecule has 2 N–H and O–H groups in total. The molecule has 0 aliphatic rings. The van der Waals surface area contributed by atoms with Gasteiger partial charge in [0.15, 0.2) is 6.10 Å². The van der Waals surface area contributed by atoms with E-state index in [2.05, 4.69) is 31.4 Å². The van der Waals surface area contributed by atoms with E-state index in [-0.39, 0.29) is 22.8 Å². The number of carbonyl (C=O) groups excluding carboxylic acids is 2. The first-order chi connectivity index (χ1) is 13.9. The summed E-state index contributed by atoms with van der Waals surface area (Å²) in [6, 6.07) is 14.8. The average molecular weight is 411 g/mol. The Morgan fingerprint density at radius 2 is 1.53 bits per heavy atom. The molecule has 162 valence electrons. The second kappa shape index (κ2) is 9.33. The van der Waals surface area contributed by atoms with E-state index in [1.54, 1.807) is 24.3 Å². The molecule has 0 aromatic heterocycles. The maximum Gasteiger partial charge on any atom is 0.265 e. The standard InChI is InChI=1S/C25H34N2O3/c1-8-21(30-18-15-13-17(14-16-18)24(2,3)4)23(29)26-20-12-10-9-11-19(20)22(28)27-25(5,6)7/h9-16,21H,8H2,1-7H3,(H,26,29)(H,27,28)/t21-/m0/s1. The van der Waals surface area contributed by atoms with Crippen molar-refractivity contribution in [2.45, 2.75) is 71.9 Å². The topological polar surface area (TPSA) is 67.4 Å². The zero-order valence-corrected chi connectivity index (χ0v) is 19.1. The summed E-state index contributed by atoms with van der Waals surface area (Å²) in [4.78, 5) is 25.5. The molecule has 0 saturated heterocycles. The van der Waals surface area contributed by atoms with E-state index >= 15 is 0 Å². The summed E-state index contributed by atoms with van der Waals surface area (Å²) in [5.41, 5.74) is 1.77. The van der Waals surface area contributed by atoms with Crippen molar-refractivity contribution >= 4 is 17.5 Å². The lowest BCUT2D eigenvalue weighted by molar-refractivity contribution is -0.122. The van der Waals surface area contributed by atoms with E-state index in [1.807, 2.05) is 52.0 Å². The molecule has 0 bridgehead atoms. The van der Waals surface area contributed by atoms with E-state index in [0.717, 1.165) is 0 Å². The second-order valence-electron chi connectivity index (χ2n) is 9.53. The van der Waals surface area contributed by atoms with E-state index in [9.17, 15) is 9.59 Å². The highest BCUT2D eigenvalue weighted by molar-refractivity contribution is 6.04. The fourth-order valence-corrected chi connectivity index (χ4v) is 2.93. The van der Waals surface area contributed by atoms with Crippen molar-refractivity contribution in [2.24, 2.45) is 0 Å². The Hall–Kier alpha value is -2.82. The number of para-hydroxylation sites is 1. The number of benzene rings is 2. The van der Waals surface area contributed by atoms with Gasteiger partial charge in [-0.3, -0.25) is 9.59 Å². The molecular formula is C25H34N2O3. The molecule has 30 heavy (non-hydrogen) atoms. The predicted molar refractivity (Wildman–Crippen MR) is 122 cm³/mol. The number of rotatable bonds is 6. The molecule has 0 aliphatic heterocycles. The van der Waals surface area contributed by atoms with E-state index in [1.165, 1.54) is 5.56 Å². The first-order valence-electron chi connectivity index (χ1n) is 10.4. The monoisotopic (exact) mass is 410 g/mol. The van der Waals surface area contributed by atoms with Crippen molar-refractivity contribution < 1.29 is 14.3 Å². The number of nitrogens with one attached hydrogen (secondary N) is 2. The minimum absolute atomic E-state index is 0.0530. The van der Waals surface area contributed by atoms with Crippen molar-refractivity contribution in [3.8, 4) is 5.75 Å². The van der Waals surface area contributed by atoms with Gasteiger partial charge >= 0.3 is 0 Å². The highest BCUT2D eigenvalue weighted by Crippen LogP contribution is 2.25. The van der Waals surface area contributed by atoms with Gasteiger partial charge in [0.05, 0.1) is 11.3 Å². The molecule has 0 spiro atoms. The number of hydrogen-bond acceptors (Lipinski definition) is 3. The zero-order chi connectivity index (χ0) is 22.5. The normalized spacial score (nSPS) is 12.8. The summed E-state index contributed by atoms with van der Waals surface area (Å²) in [5, 5.41) is 5.79. The van der Waals surface area contributed by atoms with Gasteiger partial charge in [0.1, 0.15) is 5.75 Å². The van der Waals surface area contributed by atoms with E-state index in [0.29, 0.717) is 23.4 Å². The third-order valence-electron chi connectivity index (χ3n) is 4.58. The quantitative estimate of drug-likeness (QED) is 0.678. The summed E-state index contributed by atoms with van der Waals surface area (Å²) in [7, 11) is 0. The van der Waals surface area contributed by atoms with Gasteiger partial charge in [-0.2, -0.15) is 0 Å². The van der Waals surface area contributed by atoms with Crippen LogP contribution in [0.15, 0.2) is 48.5 Å². The van der Waals surface area contributed by atoms with Crippen LogP contribution in [-0.4, -0.2) is 23.5 Å². The van der Waals surface area contributed by atoms with Crippen LogP contribution < -0.4 is 15.4 Å². The lowest BCUT2D eigenvalue weighted by Crippen LogP contribution is -2.41. The van der Waals surface area contributed by atoms with Gasteiger partial charge in [0, 0.05) is 5.54 Å². The molecular weight excluding hydrogens is 376 g/mol. The molecule has 0 heterocycles. The molecule has 0 fully saturated rings. The lowest BCUT2D eigenvalue weighted by atomic mass is 9.87. The molecule has 0 radical (unpaired) electrons. The lowest BCUT2D eigenvalue weighted by Gasteiger charge is -2.23. The molecule has 0 aliphatic carbocycles. The van der Waals surface area contributed by atoms with Crippen LogP contribution in [0.3, 0.4) is 0 Å². The first kappa shape index (κ1) is 23.5. The van der Waals surface area contributed by atoms with E-state index < -0.39 is 6.10 Å². The van der Waals surface area contributed by atoms with Crippen LogP contribution in [-0.2, 0) is 10.2 Å². The molecule has 5 nitrogen and oxygen atoms in total. The Labute approximate surface area is 180 Å². The maximum atomic E-state index is 12.9. The van der Waals surface area contributed by atoms with Gasteiger partial charge < -0.3 is 15.4 Å². The zero-order valence-electron chi connectivity index (χ0n) is 19.1. The van der Waals surface area contributed by atoms with Crippen molar-refractivity contribution in [3.05, 3.63) is 59.7 Å². The van der Waals surface area contributed by atoms with Crippen LogP contribution in [0.25, 0.3) is 0 Å². The summed E-state index contributed by atoms with van der Waals surface area (Å²) in [6.07, 6.45) is -0.160. The molecule has 1 atom stereocenters. The van der Waals surface area contributed by atoms with Crippen LogP contribution in [0.4, 0.5) is 5.69 Å². The summed E-state index contributed by atoms with van der Waals surface area (Å²) in [5.74, 6) is 0.127. The molecule has 2 amide bonds. The van der Waals surface area contributed by atoms with Gasteiger partial charge in [-0.25, -0.2) is 0 Å². The molecule has 2 aromatic rings. The molecule has 2 aromatic carbocycles. The number of anilines is 1. The van der Waals surface area contributed by atoms with Crippen LogP contribution in [0, 0.1) is 0 Å². The van der Waals surface area contributed by atoms with Gasteiger partial charge in [-0.1, -0.05) is 52.0 Å². The van der Waals surface area contributed by atoms with Crippen molar-refractivity contribution in [2.75, 3.05) is 5.32 Å².